The number of piperidine rings is 1. The highest BCUT2D eigenvalue weighted by Gasteiger charge is 2.28. The molecule has 138 valence electrons. The van der Waals surface area contributed by atoms with Crippen molar-refractivity contribution >= 4 is 6.03 Å². The summed E-state index contributed by atoms with van der Waals surface area (Å²) >= 11 is 0. The Morgan fingerprint density at radius 2 is 1.88 bits per heavy atom. The Morgan fingerprint density at radius 3 is 2.68 bits per heavy atom. The zero-order valence-corrected chi connectivity index (χ0v) is 15.1. The number of aliphatic hydroxyl groups is 1. The molecule has 0 spiro atoms. The van der Waals surface area contributed by atoms with Crippen LogP contribution in [0.15, 0.2) is 30.3 Å². The first-order valence-corrected chi connectivity index (χ1v) is 9.71. The molecule has 0 aromatic heterocycles. The largest absolute Gasteiger partial charge is 0.396 e. The van der Waals surface area contributed by atoms with E-state index in [2.05, 4.69) is 34.5 Å². The monoisotopic (exact) mass is 345 g/mol. The van der Waals surface area contributed by atoms with Gasteiger partial charge in [0.2, 0.25) is 0 Å². The topological polar surface area (TPSA) is 55.8 Å². The first-order valence-electron chi connectivity index (χ1n) is 9.71. The zero-order valence-electron chi connectivity index (χ0n) is 15.1. The number of hydrogen-bond acceptors (Lipinski definition) is 3. The summed E-state index contributed by atoms with van der Waals surface area (Å²) in [5.41, 5.74) is 1.33. The van der Waals surface area contributed by atoms with Gasteiger partial charge < -0.3 is 15.3 Å². The average Bonchev–Trinajstić information content (AvgIpc) is 3.08. The maximum atomic E-state index is 12.6. The standard InChI is InChI=1S/C20H31N3O2/c24-14-11-18-9-4-5-13-23(18)20(25)21-15-19-10-6-12-22(19)16-17-7-2-1-3-8-17/h1-3,7-8,18-19,24H,4-6,9-16H2,(H,21,25). The molecule has 2 N–H and O–H groups in total. The van der Waals surface area contributed by atoms with Crippen LogP contribution in [-0.2, 0) is 6.54 Å². The molecule has 0 saturated carbocycles. The van der Waals surface area contributed by atoms with Gasteiger partial charge in [0.15, 0.2) is 0 Å². The fraction of sp³-hybridized carbons (Fsp3) is 0.650. The zero-order chi connectivity index (χ0) is 17.5. The van der Waals surface area contributed by atoms with Crippen molar-refractivity contribution in [3.63, 3.8) is 0 Å². The smallest absolute Gasteiger partial charge is 0.317 e. The van der Waals surface area contributed by atoms with E-state index in [0.717, 1.165) is 45.3 Å². The molecule has 5 nitrogen and oxygen atoms in total. The summed E-state index contributed by atoms with van der Waals surface area (Å²) in [5.74, 6) is 0. The van der Waals surface area contributed by atoms with Gasteiger partial charge >= 0.3 is 6.03 Å². The number of nitrogens with one attached hydrogen (secondary N) is 1. The van der Waals surface area contributed by atoms with E-state index in [1.54, 1.807) is 0 Å². The van der Waals surface area contributed by atoms with Gasteiger partial charge in [0.1, 0.15) is 0 Å². The number of aliphatic hydroxyl groups excluding tert-OH is 1. The molecule has 25 heavy (non-hydrogen) atoms. The van der Waals surface area contributed by atoms with Crippen LogP contribution >= 0.6 is 0 Å². The van der Waals surface area contributed by atoms with Crippen molar-refractivity contribution in [1.29, 1.82) is 0 Å². The summed E-state index contributed by atoms with van der Waals surface area (Å²) < 4.78 is 0. The number of carbonyl (C=O) groups excluding carboxylic acids is 1. The second kappa shape index (κ2) is 9.20. The summed E-state index contributed by atoms with van der Waals surface area (Å²) in [5, 5.41) is 12.4. The van der Waals surface area contributed by atoms with Crippen molar-refractivity contribution in [3.8, 4) is 0 Å². The summed E-state index contributed by atoms with van der Waals surface area (Å²) in [6.45, 7) is 3.75. The van der Waals surface area contributed by atoms with Gasteiger partial charge in [-0.25, -0.2) is 4.79 Å². The Labute approximate surface area is 151 Å². The van der Waals surface area contributed by atoms with Crippen molar-refractivity contribution in [2.24, 2.45) is 0 Å². The molecule has 2 fully saturated rings. The van der Waals surface area contributed by atoms with Crippen LogP contribution in [0.5, 0.6) is 0 Å². The summed E-state index contributed by atoms with van der Waals surface area (Å²) in [6, 6.07) is 11.2. The molecular weight excluding hydrogens is 314 g/mol. The SMILES string of the molecule is O=C(NCC1CCCN1Cc1ccccc1)N1CCCCC1CCO. The van der Waals surface area contributed by atoms with Crippen LogP contribution in [0.1, 0.15) is 44.1 Å². The second-order valence-corrected chi connectivity index (χ2v) is 7.29. The lowest BCUT2D eigenvalue weighted by Crippen LogP contribution is -2.51. The molecule has 1 aromatic carbocycles. The van der Waals surface area contributed by atoms with Crippen LogP contribution in [-0.4, -0.2) is 59.3 Å². The van der Waals surface area contributed by atoms with E-state index in [1.165, 1.54) is 12.0 Å². The minimum Gasteiger partial charge on any atom is -0.396 e. The van der Waals surface area contributed by atoms with Crippen LogP contribution in [0, 0.1) is 0 Å². The predicted octanol–water partition coefficient (Wildman–Crippen LogP) is 2.60. The first kappa shape index (κ1) is 18.2. The van der Waals surface area contributed by atoms with E-state index in [9.17, 15) is 9.90 Å². The van der Waals surface area contributed by atoms with Gasteiger partial charge in [-0.05, 0) is 50.6 Å². The first-order chi connectivity index (χ1) is 12.3. The van der Waals surface area contributed by atoms with Crippen LogP contribution in [0.2, 0.25) is 0 Å². The Bertz CT molecular complexity index is 535. The van der Waals surface area contributed by atoms with E-state index in [-0.39, 0.29) is 18.7 Å². The average molecular weight is 345 g/mol. The van der Waals surface area contributed by atoms with Crippen molar-refractivity contribution in [2.45, 2.75) is 57.2 Å². The van der Waals surface area contributed by atoms with Crippen LogP contribution < -0.4 is 5.32 Å². The maximum Gasteiger partial charge on any atom is 0.317 e. The number of hydrogen-bond donors (Lipinski definition) is 2. The Balaban J connectivity index is 1.50. The number of nitrogens with zero attached hydrogens (tertiary/aromatic N) is 2. The molecule has 2 atom stereocenters. The lowest BCUT2D eigenvalue weighted by atomic mass is 10.0. The van der Waals surface area contributed by atoms with Crippen LogP contribution in [0.4, 0.5) is 4.79 Å². The minimum atomic E-state index is 0.0460. The Kier molecular flexibility index (Phi) is 6.70. The molecule has 2 unspecified atom stereocenters. The molecule has 0 aliphatic carbocycles. The van der Waals surface area contributed by atoms with E-state index in [1.807, 2.05) is 11.0 Å². The van der Waals surface area contributed by atoms with Crippen molar-refractivity contribution in [1.82, 2.24) is 15.1 Å². The number of carbonyl (C=O) groups is 1. The highest BCUT2D eigenvalue weighted by Crippen LogP contribution is 2.21. The Morgan fingerprint density at radius 1 is 1.08 bits per heavy atom. The van der Waals surface area contributed by atoms with Gasteiger partial charge in [-0.1, -0.05) is 30.3 Å². The summed E-state index contributed by atoms with van der Waals surface area (Å²) in [7, 11) is 0. The molecule has 2 heterocycles. The summed E-state index contributed by atoms with van der Waals surface area (Å²) in [6.07, 6.45) is 6.27. The second-order valence-electron chi connectivity index (χ2n) is 7.29. The quantitative estimate of drug-likeness (QED) is 0.833. The van der Waals surface area contributed by atoms with Crippen molar-refractivity contribution in [3.05, 3.63) is 35.9 Å². The minimum absolute atomic E-state index is 0.0460. The molecule has 2 saturated heterocycles. The molecule has 0 radical (unpaired) electrons. The molecule has 5 heteroatoms. The number of benzene rings is 1. The molecule has 3 rings (SSSR count). The van der Waals surface area contributed by atoms with Crippen molar-refractivity contribution in [2.75, 3.05) is 26.2 Å². The van der Waals surface area contributed by atoms with E-state index >= 15 is 0 Å². The Hall–Kier alpha value is -1.59. The van der Waals surface area contributed by atoms with Gasteiger partial charge in [0, 0.05) is 38.3 Å². The van der Waals surface area contributed by atoms with Gasteiger partial charge in [-0.2, -0.15) is 0 Å². The third-order valence-corrected chi connectivity index (χ3v) is 5.57. The van der Waals surface area contributed by atoms with Crippen LogP contribution in [0.25, 0.3) is 0 Å². The number of rotatable bonds is 6. The van der Waals surface area contributed by atoms with Crippen LogP contribution in [0.3, 0.4) is 0 Å². The highest BCUT2D eigenvalue weighted by molar-refractivity contribution is 5.74. The normalized spacial score (nSPS) is 24.4. The van der Waals surface area contributed by atoms with E-state index in [0.29, 0.717) is 19.0 Å². The molecule has 2 aliphatic rings. The molecule has 2 amide bonds. The fourth-order valence-electron chi connectivity index (χ4n) is 4.18. The van der Waals surface area contributed by atoms with E-state index in [4.69, 9.17) is 0 Å². The van der Waals surface area contributed by atoms with Gasteiger partial charge in [-0.3, -0.25) is 4.90 Å². The third-order valence-electron chi connectivity index (χ3n) is 5.57. The molecule has 2 aliphatic heterocycles. The number of amides is 2. The van der Waals surface area contributed by atoms with Gasteiger partial charge in [-0.15, -0.1) is 0 Å². The third kappa shape index (κ3) is 4.95. The van der Waals surface area contributed by atoms with E-state index < -0.39 is 0 Å². The number of urea groups is 1. The molecule has 0 bridgehead atoms. The highest BCUT2D eigenvalue weighted by atomic mass is 16.3. The van der Waals surface area contributed by atoms with Gasteiger partial charge in [0.25, 0.3) is 0 Å². The summed E-state index contributed by atoms with van der Waals surface area (Å²) in [4.78, 5) is 17.0. The number of likely N-dealkylation sites (tertiary alicyclic amines) is 2. The molecular formula is C20H31N3O2. The maximum absolute atomic E-state index is 12.6. The lowest BCUT2D eigenvalue weighted by Gasteiger charge is -2.36. The predicted molar refractivity (Wildman–Crippen MR) is 99.3 cm³/mol. The fourth-order valence-corrected chi connectivity index (χ4v) is 4.18. The van der Waals surface area contributed by atoms with Crippen molar-refractivity contribution < 1.29 is 9.90 Å². The molecule has 1 aromatic rings. The lowest BCUT2D eigenvalue weighted by molar-refractivity contribution is 0.129. The van der Waals surface area contributed by atoms with Gasteiger partial charge in [0.05, 0.1) is 0 Å².